The summed E-state index contributed by atoms with van der Waals surface area (Å²) in [6.07, 6.45) is 0. The van der Waals surface area contributed by atoms with Crippen molar-refractivity contribution >= 4 is 173 Å². The van der Waals surface area contributed by atoms with Gasteiger partial charge in [0, 0.05) is 102 Å². The molecule has 0 radical (unpaired) electrons. The van der Waals surface area contributed by atoms with E-state index in [0.29, 0.717) is 34.9 Å². The van der Waals surface area contributed by atoms with Crippen molar-refractivity contribution in [1.29, 1.82) is 0 Å². The molecule has 27 rings (SSSR count). The average Bonchev–Trinajstić information content (AvgIpc) is 1.56. The van der Waals surface area contributed by atoms with Crippen LogP contribution in [-0.4, -0.2) is 39.0 Å². The molecule has 0 unspecified atom stereocenters. The fourth-order valence-corrected chi connectivity index (χ4v) is 20.4. The number of hydrogen-bond donors (Lipinski definition) is 0. The summed E-state index contributed by atoms with van der Waals surface area (Å²) in [5.41, 5.74) is 21.3. The molecule has 0 bridgehead atoms. The van der Waals surface area contributed by atoms with Crippen LogP contribution in [0.3, 0.4) is 0 Å². The molecule has 27 aromatic rings. The zero-order valence-electron chi connectivity index (χ0n) is 67.3. The Hall–Kier alpha value is -16.8. The molecular formula is C114H66N8O3S. The minimum absolute atomic E-state index is 0.552. The van der Waals surface area contributed by atoms with Gasteiger partial charge in [-0.3, -0.25) is 0 Å². The number of furan rings is 3. The smallest absolute Gasteiger partial charge is 0.167 e. The third-order valence-electron chi connectivity index (χ3n) is 25.1. The fourth-order valence-electron chi connectivity index (χ4n) is 19.2. The summed E-state index contributed by atoms with van der Waals surface area (Å²) in [6, 6.07) is 141. The highest BCUT2D eigenvalue weighted by atomic mass is 32.1. The molecule has 586 valence electrons. The molecule has 0 fully saturated rings. The van der Waals surface area contributed by atoms with Crippen molar-refractivity contribution in [2.24, 2.45) is 0 Å². The van der Waals surface area contributed by atoms with Crippen molar-refractivity contribution < 1.29 is 13.3 Å². The van der Waals surface area contributed by atoms with Gasteiger partial charge in [0.05, 0.1) is 39.0 Å². The van der Waals surface area contributed by atoms with E-state index in [1.54, 1.807) is 11.3 Å². The van der Waals surface area contributed by atoms with Crippen molar-refractivity contribution in [2.75, 3.05) is 0 Å². The Morgan fingerprint density at radius 3 is 1.04 bits per heavy atom. The van der Waals surface area contributed by atoms with Crippen LogP contribution >= 0.6 is 11.3 Å². The summed E-state index contributed by atoms with van der Waals surface area (Å²) < 4.78 is 27.4. The molecule has 8 aromatic heterocycles. The van der Waals surface area contributed by atoms with E-state index in [1.807, 2.05) is 91.0 Å². The maximum absolute atomic E-state index is 6.94. The Balaban J connectivity index is 0.000000134. The highest BCUT2D eigenvalue weighted by Crippen LogP contribution is 2.49. The summed E-state index contributed by atoms with van der Waals surface area (Å²) in [4.78, 5) is 30.6. The van der Waals surface area contributed by atoms with Gasteiger partial charge < -0.3 is 22.4 Å². The number of aromatic nitrogens is 8. The molecule has 0 atom stereocenters. The molecule has 0 aliphatic carbocycles. The minimum atomic E-state index is 0.552. The van der Waals surface area contributed by atoms with Gasteiger partial charge in [-0.25, -0.2) is 29.9 Å². The van der Waals surface area contributed by atoms with Gasteiger partial charge in [-0.15, -0.1) is 11.3 Å². The number of rotatable bonds is 10. The summed E-state index contributed by atoms with van der Waals surface area (Å²) >= 11 is 1.78. The van der Waals surface area contributed by atoms with Crippen LogP contribution in [-0.2, 0) is 0 Å². The first-order valence-corrected chi connectivity index (χ1v) is 43.1. The van der Waals surface area contributed by atoms with Gasteiger partial charge in [0.25, 0.3) is 0 Å². The van der Waals surface area contributed by atoms with Gasteiger partial charge in [0.2, 0.25) is 0 Å². The SMILES string of the molecule is c1ccc(-c2nc(-c3ccc(-c4ccc(-n5c6cc7ccccc7cc6c6cc7ccccc7cc65)c5oc6ccccc6c45)cc3)nc(-c3cccc4c3oc3ccccc34)n2)cc1.c1ccc(-c2nc(-c3ccc(-c4ccc(-n5c6ccccc6c6cc7ccccc7cc65)c5oc6ccccc6c45)cc3)nc(-c3cccc4c3sc3ccccc34)n2)cc1. The van der Waals surface area contributed by atoms with E-state index in [9.17, 15) is 0 Å². The lowest BCUT2D eigenvalue weighted by molar-refractivity contribution is 0.666. The first-order valence-electron chi connectivity index (χ1n) is 42.3. The van der Waals surface area contributed by atoms with Crippen LogP contribution in [0, 0.1) is 0 Å². The second kappa shape index (κ2) is 28.4. The summed E-state index contributed by atoms with van der Waals surface area (Å²) in [5.74, 6) is 3.65. The van der Waals surface area contributed by atoms with Crippen LogP contribution in [0.4, 0.5) is 0 Å². The monoisotopic (exact) mass is 1630 g/mol. The van der Waals surface area contributed by atoms with Crippen molar-refractivity contribution in [3.63, 3.8) is 0 Å². The number of hydrogen-bond acceptors (Lipinski definition) is 10. The van der Waals surface area contributed by atoms with Gasteiger partial charge in [-0.2, -0.15) is 0 Å². The molecule has 11 nitrogen and oxygen atoms in total. The van der Waals surface area contributed by atoms with Crippen molar-refractivity contribution in [3.8, 4) is 102 Å². The Bertz CT molecular complexity index is 9090. The average molecular weight is 1630 g/mol. The molecular weight excluding hydrogens is 1560 g/mol. The summed E-state index contributed by atoms with van der Waals surface area (Å²) in [7, 11) is 0. The van der Waals surface area contributed by atoms with Gasteiger partial charge >= 0.3 is 0 Å². The van der Waals surface area contributed by atoms with Crippen molar-refractivity contribution in [3.05, 3.63) is 400 Å². The lowest BCUT2D eigenvalue weighted by atomic mass is 9.97. The van der Waals surface area contributed by atoms with Crippen LogP contribution < -0.4 is 0 Å². The standard InChI is InChI=1S/C59H34N4O2.C55H32N4OS/c1-2-13-36(14-3-1)57-60-58(62-59(61-57)46-22-12-21-44-43-19-8-10-23-52(43)64-55(44)46)37-27-25-35(26-28-37)42-29-30-49(56-54(42)45-20-9-11-24-53(45)65-56)63-50-33-40-17-6-4-15-38(40)31-47(50)48-32-39-16-5-7-18-41(39)34-51(48)63;1-2-13-34(14-3-1)53-56-54(58-55(57-53)43-21-12-20-41-40-18-8-11-24-49(40)61-52(41)43)35-27-25-33(26-28-35)38-29-30-46(51-50(38)42-19-7-10-23-48(42)60-51)59-45-22-9-6-17-39(45)44-31-36-15-4-5-16-37(36)32-47(44)59/h1-34H;1-32H. The predicted molar refractivity (Wildman–Crippen MR) is 519 cm³/mol. The highest BCUT2D eigenvalue weighted by molar-refractivity contribution is 7.26. The van der Waals surface area contributed by atoms with E-state index >= 15 is 0 Å². The van der Waals surface area contributed by atoms with E-state index < -0.39 is 0 Å². The van der Waals surface area contributed by atoms with Crippen LogP contribution in [0.15, 0.2) is 414 Å². The number of nitrogens with zero attached hydrogens (tertiary/aromatic N) is 8. The van der Waals surface area contributed by atoms with E-state index in [2.05, 4.69) is 319 Å². The number of para-hydroxylation sites is 5. The third kappa shape index (κ3) is 11.4. The first-order chi connectivity index (χ1) is 62.4. The van der Waals surface area contributed by atoms with E-state index in [0.717, 1.165) is 155 Å². The molecule has 0 spiro atoms. The normalized spacial score (nSPS) is 12.0. The predicted octanol–water partition coefficient (Wildman–Crippen LogP) is 30.8. The van der Waals surface area contributed by atoms with Gasteiger partial charge in [-0.05, 0) is 146 Å². The summed E-state index contributed by atoms with van der Waals surface area (Å²) in [5, 5.41) is 20.9. The lowest BCUT2D eigenvalue weighted by Gasteiger charge is -2.13. The van der Waals surface area contributed by atoms with E-state index in [4.69, 9.17) is 43.2 Å². The quantitative estimate of drug-likeness (QED) is 0.131. The van der Waals surface area contributed by atoms with Crippen molar-refractivity contribution in [1.82, 2.24) is 39.0 Å². The van der Waals surface area contributed by atoms with Crippen LogP contribution in [0.5, 0.6) is 0 Å². The lowest BCUT2D eigenvalue weighted by Crippen LogP contribution is -2.00. The first kappa shape index (κ1) is 71.0. The maximum Gasteiger partial charge on any atom is 0.167 e. The largest absolute Gasteiger partial charge is 0.455 e. The molecule has 126 heavy (non-hydrogen) atoms. The molecule has 19 aromatic carbocycles. The van der Waals surface area contributed by atoms with Gasteiger partial charge in [0.15, 0.2) is 46.1 Å². The van der Waals surface area contributed by atoms with Gasteiger partial charge in [0.1, 0.15) is 22.3 Å². The second-order valence-electron chi connectivity index (χ2n) is 32.3. The highest BCUT2D eigenvalue weighted by Gasteiger charge is 2.27. The molecule has 0 aliphatic rings. The second-order valence-corrected chi connectivity index (χ2v) is 33.3. The molecule has 0 N–H and O–H groups in total. The Labute approximate surface area is 722 Å². The Morgan fingerprint density at radius 1 is 0.198 bits per heavy atom. The van der Waals surface area contributed by atoms with E-state index in [1.165, 1.54) is 74.0 Å². The molecule has 0 saturated heterocycles. The van der Waals surface area contributed by atoms with E-state index in [-0.39, 0.29) is 0 Å². The Kier molecular flexibility index (Phi) is 16.0. The van der Waals surface area contributed by atoms with Crippen LogP contribution in [0.2, 0.25) is 0 Å². The minimum Gasteiger partial charge on any atom is -0.455 e. The Morgan fingerprint density at radius 2 is 0.540 bits per heavy atom. The van der Waals surface area contributed by atoms with Crippen molar-refractivity contribution in [2.45, 2.75) is 0 Å². The zero-order chi connectivity index (χ0) is 82.6. The van der Waals surface area contributed by atoms with Crippen LogP contribution in [0.25, 0.3) is 264 Å². The zero-order valence-corrected chi connectivity index (χ0v) is 68.1. The molecule has 0 amide bonds. The van der Waals surface area contributed by atoms with Gasteiger partial charge in [-0.1, -0.05) is 309 Å². The number of fused-ring (bicyclic) bond motifs is 21. The molecule has 0 saturated carbocycles. The fraction of sp³-hybridized carbons (Fsp3) is 0. The summed E-state index contributed by atoms with van der Waals surface area (Å²) in [6.45, 7) is 0. The molecule has 12 heteroatoms. The number of benzene rings is 19. The van der Waals surface area contributed by atoms with Crippen LogP contribution in [0.1, 0.15) is 0 Å². The third-order valence-corrected chi connectivity index (χ3v) is 26.3. The molecule has 0 aliphatic heterocycles. The maximum atomic E-state index is 6.94. The topological polar surface area (TPSA) is 127 Å². The number of thiophene rings is 1. The molecule has 8 heterocycles.